The third kappa shape index (κ3) is 5.98. The zero-order valence-electron chi connectivity index (χ0n) is 9.49. The van der Waals surface area contributed by atoms with Gasteiger partial charge in [-0.1, -0.05) is 0 Å². The Kier molecular flexibility index (Phi) is 7.81. The molecule has 90 valence electrons. The fourth-order valence-corrected chi connectivity index (χ4v) is 1.03. The van der Waals surface area contributed by atoms with Gasteiger partial charge in [-0.25, -0.2) is 4.79 Å². The summed E-state index contributed by atoms with van der Waals surface area (Å²) >= 11 is 0. The fourth-order valence-electron chi connectivity index (χ4n) is 1.03. The molecule has 0 aliphatic heterocycles. The summed E-state index contributed by atoms with van der Waals surface area (Å²) in [6, 6.07) is 1.12. The lowest BCUT2D eigenvalue weighted by molar-refractivity contribution is -0.145. The summed E-state index contributed by atoms with van der Waals surface area (Å²) in [5.74, 6) is -0.949. The Hall–Kier alpha value is -1.61. The summed E-state index contributed by atoms with van der Waals surface area (Å²) in [4.78, 5) is 22.5. The van der Waals surface area contributed by atoms with E-state index in [1.54, 1.807) is 6.92 Å². The molecule has 6 nitrogen and oxygen atoms in total. The minimum atomic E-state index is -0.780. The van der Waals surface area contributed by atoms with E-state index < -0.39 is 17.9 Å². The van der Waals surface area contributed by atoms with Gasteiger partial charge in [0.25, 0.3) is 0 Å². The smallest absolute Gasteiger partial charge is 0.328 e. The molecule has 0 aromatic rings. The standard InChI is InChI=1S/C10H16N2O4/c1-3-16-7-9(13)12-8(5-4-6-11)10(14)15-2/h8H,3-5,7H2,1-2H3,(H,12,13)/t8-/m0/s1. The average molecular weight is 228 g/mol. The molecule has 0 rings (SSSR count). The van der Waals surface area contributed by atoms with E-state index in [2.05, 4.69) is 10.1 Å². The van der Waals surface area contributed by atoms with Crippen molar-refractivity contribution >= 4 is 11.9 Å². The summed E-state index contributed by atoms with van der Waals surface area (Å²) < 4.78 is 9.40. The van der Waals surface area contributed by atoms with Crippen LogP contribution in [0.2, 0.25) is 0 Å². The van der Waals surface area contributed by atoms with E-state index in [1.807, 2.05) is 6.07 Å². The van der Waals surface area contributed by atoms with Crippen molar-refractivity contribution in [3.8, 4) is 6.07 Å². The van der Waals surface area contributed by atoms with Crippen molar-refractivity contribution in [3.63, 3.8) is 0 Å². The van der Waals surface area contributed by atoms with Gasteiger partial charge in [-0.05, 0) is 13.3 Å². The van der Waals surface area contributed by atoms with Gasteiger partial charge < -0.3 is 14.8 Å². The molecule has 0 unspecified atom stereocenters. The maximum atomic E-state index is 11.3. The monoisotopic (exact) mass is 228 g/mol. The van der Waals surface area contributed by atoms with Crippen LogP contribution >= 0.6 is 0 Å². The first-order valence-corrected chi connectivity index (χ1v) is 4.97. The molecule has 0 aromatic carbocycles. The number of carbonyl (C=O) groups excluding carboxylic acids is 2. The molecule has 1 atom stereocenters. The molecule has 0 aromatic heterocycles. The van der Waals surface area contributed by atoms with Gasteiger partial charge in [-0.3, -0.25) is 4.79 Å². The molecule has 0 saturated carbocycles. The number of carbonyl (C=O) groups is 2. The van der Waals surface area contributed by atoms with Crippen LogP contribution in [0.15, 0.2) is 0 Å². The summed E-state index contributed by atoms with van der Waals surface area (Å²) in [6.45, 7) is 2.09. The zero-order valence-corrected chi connectivity index (χ0v) is 9.49. The first-order chi connectivity index (χ1) is 7.65. The Morgan fingerprint density at radius 3 is 2.69 bits per heavy atom. The minimum absolute atomic E-state index is 0.101. The summed E-state index contributed by atoms with van der Waals surface area (Å²) in [5.41, 5.74) is 0. The Morgan fingerprint density at radius 2 is 2.19 bits per heavy atom. The Morgan fingerprint density at radius 1 is 1.50 bits per heavy atom. The third-order valence-corrected chi connectivity index (χ3v) is 1.80. The second kappa shape index (κ2) is 8.68. The normalized spacial score (nSPS) is 11.3. The highest BCUT2D eigenvalue weighted by Gasteiger charge is 2.20. The lowest BCUT2D eigenvalue weighted by Gasteiger charge is -2.14. The molecule has 0 heterocycles. The van der Waals surface area contributed by atoms with E-state index in [0.717, 1.165) is 0 Å². The molecule has 0 aliphatic carbocycles. The number of ether oxygens (including phenoxy) is 2. The van der Waals surface area contributed by atoms with E-state index in [1.165, 1.54) is 7.11 Å². The van der Waals surface area contributed by atoms with Crippen LogP contribution < -0.4 is 5.32 Å². The average Bonchev–Trinajstić information content (AvgIpc) is 2.30. The van der Waals surface area contributed by atoms with Crippen molar-refractivity contribution in [2.45, 2.75) is 25.8 Å². The number of rotatable bonds is 7. The molecular weight excluding hydrogens is 212 g/mol. The molecule has 0 bridgehead atoms. The van der Waals surface area contributed by atoms with Crippen molar-refractivity contribution in [2.24, 2.45) is 0 Å². The van der Waals surface area contributed by atoms with E-state index in [4.69, 9.17) is 10.00 Å². The molecule has 0 spiro atoms. The molecule has 6 heteroatoms. The number of hydrogen-bond donors (Lipinski definition) is 1. The molecule has 0 aliphatic rings. The topological polar surface area (TPSA) is 88.4 Å². The van der Waals surface area contributed by atoms with Crippen molar-refractivity contribution in [3.05, 3.63) is 0 Å². The summed E-state index contributed by atoms with van der Waals surface area (Å²) in [5, 5.41) is 10.9. The lowest BCUT2D eigenvalue weighted by Crippen LogP contribution is -2.43. The van der Waals surface area contributed by atoms with Crippen molar-refractivity contribution in [1.82, 2.24) is 5.32 Å². The fraction of sp³-hybridized carbons (Fsp3) is 0.700. The molecule has 1 N–H and O–H groups in total. The maximum Gasteiger partial charge on any atom is 0.328 e. The van der Waals surface area contributed by atoms with Crippen molar-refractivity contribution in [1.29, 1.82) is 5.26 Å². The summed E-state index contributed by atoms with van der Waals surface area (Å²) in [6.07, 6.45) is 0.412. The van der Waals surface area contributed by atoms with Crippen LogP contribution in [0.5, 0.6) is 0 Å². The van der Waals surface area contributed by atoms with Crippen LogP contribution in [-0.4, -0.2) is 38.2 Å². The lowest BCUT2D eigenvalue weighted by atomic mass is 10.1. The third-order valence-electron chi connectivity index (χ3n) is 1.80. The van der Waals surface area contributed by atoms with Crippen molar-refractivity contribution < 1.29 is 19.1 Å². The first-order valence-electron chi connectivity index (χ1n) is 4.97. The van der Waals surface area contributed by atoms with Gasteiger partial charge >= 0.3 is 5.97 Å². The molecular formula is C10H16N2O4. The van der Waals surface area contributed by atoms with Gasteiger partial charge in [0.15, 0.2) is 0 Å². The molecule has 0 radical (unpaired) electrons. The zero-order chi connectivity index (χ0) is 12.4. The predicted octanol–water partition coefficient (Wildman–Crippen LogP) is -0.0155. The molecule has 0 fully saturated rings. The molecule has 0 saturated heterocycles. The van der Waals surface area contributed by atoms with Gasteiger partial charge in [-0.2, -0.15) is 5.26 Å². The van der Waals surface area contributed by atoms with Gasteiger partial charge in [0.2, 0.25) is 5.91 Å². The van der Waals surface area contributed by atoms with E-state index in [-0.39, 0.29) is 19.4 Å². The highest BCUT2D eigenvalue weighted by molar-refractivity contribution is 5.85. The van der Waals surface area contributed by atoms with Gasteiger partial charge in [0, 0.05) is 13.0 Å². The number of nitriles is 1. The molecule has 16 heavy (non-hydrogen) atoms. The SMILES string of the molecule is CCOCC(=O)N[C@@H](CCC#N)C(=O)OC. The summed E-state index contributed by atoms with van der Waals surface area (Å²) in [7, 11) is 1.23. The van der Waals surface area contributed by atoms with E-state index >= 15 is 0 Å². The number of amides is 1. The van der Waals surface area contributed by atoms with Crippen LogP contribution in [0.25, 0.3) is 0 Å². The largest absolute Gasteiger partial charge is 0.467 e. The molecule has 1 amide bonds. The quantitative estimate of drug-likeness (QED) is 0.619. The number of methoxy groups -OCH3 is 1. The number of hydrogen-bond acceptors (Lipinski definition) is 5. The van der Waals surface area contributed by atoms with Crippen molar-refractivity contribution in [2.75, 3.05) is 20.3 Å². The van der Waals surface area contributed by atoms with Crippen LogP contribution in [0.3, 0.4) is 0 Å². The predicted molar refractivity (Wildman–Crippen MR) is 55.3 cm³/mol. The first kappa shape index (κ1) is 14.4. The highest BCUT2D eigenvalue weighted by atomic mass is 16.5. The maximum absolute atomic E-state index is 11.3. The van der Waals surface area contributed by atoms with Crippen LogP contribution in [-0.2, 0) is 19.1 Å². The van der Waals surface area contributed by atoms with E-state index in [0.29, 0.717) is 6.61 Å². The minimum Gasteiger partial charge on any atom is -0.467 e. The van der Waals surface area contributed by atoms with Crippen LogP contribution in [0, 0.1) is 11.3 Å². The highest BCUT2D eigenvalue weighted by Crippen LogP contribution is 1.99. The Bertz CT molecular complexity index is 272. The Balaban J connectivity index is 4.15. The second-order valence-corrected chi connectivity index (χ2v) is 2.98. The van der Waals surface area contributed by atoms with Gasteiger partial charge in [0.05, 0.1) is 13.2 Å². The van der Waals surface area contributed by atoms with Crippen LogP contribution in [0.1, 0.15) is 19.8 Å². The van der Waals surface area contributed by atoms with Gasteiger partial charge in [-0.15, -0.1) is 0 Å². The number of nitrogens with one attached hydrogen (secondary N) is 1. The number of nitrogens with zero attached hydrogens (tertiary/aromatic N) is 1. The second-order valence-electron chi connectivity index (χ2n) is 2.98. The van der Waals surface area contributed by atoms with Gasteiger partial charge in [0.1, 0.15) is 12.6 Å². The Labute approximate surface area is 94.5 Å². The van der Waals surface area contributed by atoms with Crippen LogP contribution in [0.4, 0.5) is 0 Å². The number of esters is 1. The van der Waals surface area contributed by atoms with E-state index in [9.17, 15) is 9.59 Å².